The second-order valence-corrected chi connectivity index (χ2v) is 7.11. The number of nitrogen functional groups attached to an aromatic ring is 1. The fourth-order valence-corrected chi connectivity index (χ4v) is 4.16. The molecule has 3 aromatic carbocycles. The predicted molar refractivity (Wildman–Crippen MR) is 113 cm³/mol. The fraction of sp³-hybridized carbons (Fsp3) is 0.130. The van der Waals surface area contributed by atoms with Gasteiger partial charge in [-0.3, -0.25) is 4.68 Å². The van der Waals surface area contributed by atoms with Crippen LogP contribution in [0.25, 0.3) is 49.7 Å². The zero-order valence-corrected chi connectivity index (χ0v) is 15.2. The van der Waals surface area contributed by atoms with Gasteiger partial charge < -0.3 is 10.4 Å². The summed E-state index contributed by atoms with van der Waals surface area (Å²) >= 11 is 0. The van der Waals surface area contributed by atoms with Gasteiger partial charge in [-0.2, -0.15) is 0 Å². The number of rotatable bonds is 1. The molecule has 0 amide bonds. The van der Waals surface area contributed by atoms with Gasteiger partial charge in [-0.25, -0.2) is 0 Å². The number of allylic oxidation sites excluding steroid dienone is 1. The maximum Gasteiger partial charge on any atom is 0.0711 e. The van der Waals surface area contributed by atoms with Crippen LogP contribution in [0.5, 0.6) is 0 Å². The number of hydrogen-bond acceptors (Lipinski definition) is 1. The summed E-state index contributed by atoms with van der Waals surface area (Å²) in [5.74, 6) is 6.49. The van der Waals surface area contributed by atoms with Crippen molar-refractivity contribution in [3.8, 4) is 0 Å². The molecular weight excluding hydrogens is 318 g/mol. The lowest BCUT2D eigenvalue weighted by molar-refractivity contribution is 1.01. The number of nitrogens with two attached hydrogens (primary N) is 1. The molecule has 0 aliphatic carbocycles. The summed E-state index contributed by atoms with van der Waals surface area (Å²) in [5, 5.41) is 4.91. The van der Waals surface area contributed by atoms with Crippen LogP contribution >= 0.6 is 0 Å². The van der Waals surface area contributed by atoms with E-state index in [1.807, 2.05) is 17.7 Å². The predicted octanol–water partition coefficient (Wildman–Crippen LogP) is 5.49. The first kappa shape index (κ1) is 15.1. The van der Waals surface area contributed by atoms with E-state index in [4.69, 9.17) is 5.84 Å². The highest BCUT2D eigenvalue weighted by atomic mass is 15.3. The Bertz CT molecular complexity index is 1360. The van der Waals surface area contributed by atoms with Gasteiger partial charge in [-0.1, -0.05) is 36.4 Å². The van der Waals surface area contributed by atoms with Crippen molar-refractivity contribution in [3.63, 3.8) is 0 Å². The Balaban J connectivity index is 1.95. The van der Waals surface area contributed by atoms with Gasteiger partial charge >= 0.3 is 0 Å². The van der Waals surface area contributed by atoms with Crippen LogP contribution in [-0.2, 0) is 7.05 Å². The Morgan fingerprint density at radius 1 is 0.769 bits per heavy atom. The maximum atomic E-state index is 6.49. The zero-order chi connectivity index (χ0) is 18.0. The van der Waals surface area contributed by atoms with E-state index in [1.165, 1.54) is 43.7 Å². The Labute approximate surface area is 151 Å². The number of aryl methyl sites for hydroxylation is 2. The minimum atomic E-state index is 1.06. The smallest absolute Gasteiger partial charge is 0.0711 e. The first-order chi connectivity index (χ1) is 12.6. The van der Waals surface area contributed by atoms with Gasteiger partial charge in [0, 0.05) is 39.6 Å². The lowest BCUT2D eigenvalue weighted by Crippen LogP contribution is -2.06. The molecule has 0 spiro atoms. The van der Waals surface area contributed by atoms with Gasteiger partial charge in [-0.15, -0.1) is 0 Å². The van der Waals surface area contributed by atoms with E-state index in [0.29, 0.717) is 0 Å². The SMILES string of the molecule is C/C=C/c1ccc2c3cc4c(cc3n(N)c2c1)c1ccc(C)cc1n4C. The minimum Gasteiger partial charge on any atom is -0.344 e. The molecule has 0 saturated carbocycles. The van der Waals surface area contributed by atoms with Crippen molar-refractivity contribution in [1.82, 2.24) is 9.24 Å². The van der Waals surface area contributed by atoms with Gasteiger partial charge in [0.15, 0.2) is 0 Å². The quantitative estimate of drug-likeness (QED) is 0.402. The summed E-state index contributed by atoms with van der Waals surface area (Å²) in [6, 6.07) is 17.6. The molecule has 26 heavy (non-hydrogen) atoms. The topological polar surface area (TPSA) is 35.9 Å². The Kier molecular flexibility index (Phi) is 2.99. The summed E-state index contributed by atoms with van der Waals surface area (Å²) in [6.45, 7) is 4.17. The molecule has 2 N–H and O–H groups in total. The molecule has 3 heteroatoms. The molecule has 0 saturated heterocycles. The Hall–Kier alpha value is -3.20. The lowest BCUT2D eigenvalue weighted by atomic mass is 10.1. The van der Waals surface area contributed by atoms with E-state index >= 15 is 0 Å². The van der Waals surface area contributed by atoms with E-state index in [2.05, 4.69) is 73.1 Å². The van der Waals surface area contributed by atoms with Crippen LogP contribution in [0, 0.1) is 6.92 Å². The molecular formula is C23H21N3. The van der Waals surface area contributed by atoms with Crippen LogP contribution in [0.1, 0.15) is 18.1 Å². The fourth-order valence-electron chi connectivity index (χ4n) is 4.16. The lowest BCUT2D eigenvalue weighted by Gasteiger charge is -2.00. The molecule has 0 aliphatic rings. The van der Waals surface area contributed by atoms with Crippen LogP contribution in [0.2, 0.25) is 0 Å². The normalized spacial score (nSPS) is 12.4. The van der Waals surface area contributed by atoms with Crippen molar-refractivity contribution < 1.29 is 0 Å². The molecule has 5 aromatic rings. The first-order valence-electron chi connectivity index (χ1n) is 8.93. The van der Waals surface area contributed by atoms with Gasteiger partial charge in [0.05, 0.1) is 11.0 Å². The molecule has 0 atom stereocenters. The monoisotopic (exact) mass is 339 g/mol. The second kappa shape index (κ2) is 5.15. The number of benzene rings is 3. The summed E-state index contributed by atoms with van der Waals surface area (Å²) in [4.78, 5) is 0. The van der Waals surface area contributed by atoms with Crippen LogP contribution in [0.3, 0.4) is 0 Å². The number of hydrogen-bond donors (Lipinski definition) is 1. The van der Waals surface area contributed by atoms with Crippen LogP contribution in [0.4, 0.5) is 0 Å². The van der Waals surface area contributed by atoms with Crippen molar-refractivity contribution in [2.75, 3.05) is 5.84 Å². The minimum absolute atomic E-state index is 1.06. The second-order valence-electron chi connectivity index (χ2n) is 7.11. The van der Waals surface area contributed by atoms with Gasteiger partial charge in [-0.05, 0) is 49.2 Å². The molecule has 3 nitrogen and oxygen atoms in total. The van der Waals surface area contributed by atoms with Crippen LogP contribution < -0.4 is 5.84 Å². The zero-order valence-electron chi connectivity index (χ0n) is 15.2. The average molecular weight is 339 g/mol. The van der Waals surface area contributed by atoms with E-state index in [1.54, 1.807) is 0 Å². The molecule has 2 heterocycles. The van der Waals surface area contributed by atoms with Crippen molar-refractivity contribution in [1.29, 1.82) is 0 Å². The number of fused-ring (bicyclic) bond motifs is 6. The Morgan fingerprint density at radius 3 is 2.19 bits per heavy atom. The van der Waals surface area contributed by atoms with E-state index in [0.717, 1.165) is 11.0 Å². The molecule has 0 fully saturated rings. The highest BCUT2D eigenvalue weighted by Gasteiger charge is 2.14. The van der Waals surface area contributed by atoms with E-state index in [-0.39, 0.29) is 0 Å². The maximum absolute atomic E-state index is 6.49. The summed E-state index contributed by atoms with van der Waals surface area (Å²) < 4.78 is 4.11. The molecule has 0 bridgehead atoms. The molecule has 0 aliphatic heterocycles. The highest BCUT2D eigenvalue weighted by Crippen LogP contribution is 2.36. The standard InChI is InChI=1S/C23H21N3/c1-4-5-15-7-9-17-19-12-21-18(13-23(19)26(24)22(17)11-15)16-8-6-14(2)10-20(16)25(21)3/h4-13H,24H2,1-3H3/b5-4+. The molecule has 128 valence electrons. The third-order valence-corrected chi connectivity index (χ3v) is 5.47. The largest absolute Gasteiger partial charge is 0.344 e. The van der Waals surface area contributed by atoms with Crippen molar-refractivity contribution in [2.24, 2.45) is 7.05 Å². The van der Waals surface area contributed by atoms with Crippen LogP contribution in [0.15, 0.2) is 54.6 Å². The van der Waals surface area contributed by atoms with Crippen molar-refractivity contribution in [3.05, 3.63) is 65.7 Å². The average Bonchev–Trinajstić information content (AvgIpc) is 3.07. The number of aromatic nitrogens is 2. The first-order valence-corrected chi connectivity index (χ1v) is 8.93. The van der Waals surface area contributed by atoms with E-state index in [9.17, 15) is 0 Å². The van der Waals surface area contributed by atoms with Gasteiger partial charge in [0.1, 0.15) is 0 Å². The van der Waals surface area contributed by atoms with Crippen molar-refractivity contribution in [2.45, 2.75) is 13.8 Å². The highest BCUT2D eigenvalue weighted by molar-refractivity contribution is 6.18. The van der Waals surface area contributed by atoms with E-state index < -0.39 is 0 Å². The third kappa shape index (κ3) is 1.88. The third-order valence-electron chi connectivity index (χ3n) is 5.47. The molecule has 2 aromatic heterocycles. The van der Waals surface area contributed by atoms with Crippen molar-refractivity contribution >= 4 is 49.7 Å². The molecule has 5 rings (SSSR count). The Morgan fingerprint density at radius 2 is 1.38 bits per heavy atom. The number of nitrogens with zero attached hydrogens (tertiary/aromatic N) is 2. The molecule has 0 unspecified atom stereocenters. The summed E-state index contributed by atoms with van der Waals surface area (Å²) in [5.41, 5.74) is 7.07. The molecule has 0 radical (unpaired) electrons. The summed E-state index contributed by atoms with van der Waals surface area (Å²) in [7, 11) is 2.14. The van der Waals surface area contributed by atoms with Gasteiger partial charge in [0.25, 0.3) is 0 Å². The summed E-state index contributed by atoms with van der Waals surface area (Å²) in [6.07, 6.45) is 4.15. The van der Waals surface area contributed by atoms with Crippen LogP contribution in [-0.4, -0.2) is 9.24 Å². The van der Waals surface area contributed by atoms with Gasteiger partial charge in [0.2, 0.25) is 0 Å².